The third kappa shape index (κ3) is 7.30. The number of amides is 1. The minimum Gasteiger partial charge on any atom is -0.357 e. The van der Waals surface area contributed by atoms with Crippen LogP contribution in [0, 0.1) is 0 Å². The van der Waals surface area contributed by atoms with Crippen LogP contribution in [0.2, 0.25) is 0 Å². The number of hydrogen-bond acceptors (Lipinski definition) is 5. The summed E-state index contributed by atoms with van der Waals surface area (Å²) in [5.74, 6) is 1.69. The van der Waals surface area contributed by atoms with Crippen molar-refractivity contribution in [2.24, 2.45) is 4.99 Å². The van der Waals surface area contributed by atoms with E-state index in [0.29, 0.717) is 26.1 Å². The second kappa shape index (κ2) is 12.7. The fourth-order valence-corrected chi connectivity index (χ4v) is 2.62. The molecule has 1 fully saturated rings. The average molecular weight is 475 g/mol. The van der Waals surface area contributed by atoms with Gasteiger partial charge in [0.15, 0.2) is 5.96 Å². The van der Waals surface area contributed by atoms with Gasteiger partial charge in [0.2, 0.25) is 11.9 Å². The molecule has 0 spiro atoms. The summed E-state index contributed by atoms with van der Waals surface area (Å²) in [5.41, 5.74) is 0. The lowest BCUT2D eigenvalue weighted by atomic mass is 10.3. The van der Waals surface area contributed by atoms with Crippen LogP contribution in [0.4, 0.5) is 5.95 Å². The molecule has 0 bridgehead atoms. The number of carbonyl (C=O) groups is 1. The van der Waals surface area contributed by atoms with Gasteiger partial charge in [-0.3, -0.25) is 9.79 Å². The van der Waals surface area contributed by atoms with Crippen LogP contribution in [-0.2, 0) is 4.79 Å². The van der Waals surface area contributed by atoms with Crippen molar-refractivity contribution < 1.29 is 4.79 Å². The lowest BCUT2D eigenvalue weighted by Gasteiger charge is -2.34. The molecule has 0 unspecified atom stereocenters. The molecule has 2 heterocycles. The van der Waals surface area contributed by atoms with Crippen molar-refractivity contribution in [2.45, 2.75) is 26.7 Å². The molecule has 0 aliphatic carbocycles. The molecule has 9 heteroatoms. The summed E-state index contributed by atoms with van der Waals surface area (Å²) in [6.07, 6.45) is 4.96. The minimum atomic E-state index is 0. The van der Waals surface area contributed by atoms with E-state index in [0.717, 1.165) is 44.5 Å². The number of rotatable bonds is 7. The van der Waals surface area contributed by atoms with E-state index in [4.69, 9.17) is 0 Å². The number of aliphatic imine (C=N–C) groups is 1. The zero-order chi connectivity index (χ0) is 17.9. The lowest BCUT2D eigenvalue weighted by Crippen LogP contribution is -2.50. The molecule has 1 aromatic rings. The van der Waals surface area contributed by atoms with Gasteiger partial charge in [-0.15, -0.1) is 24.0 Å². The Morgan fingerprint density at radius 3 is 2.46 bits per heavy atom. The van der Waals surface area contributed by atoms with Crippen LogP contribution in [0.15, 0.2) is 23.5 Å². The van der Waals surface area contributed by atoms with Gasteiger partial charge in [-0.1, -0.05) is 6.92 Å². The molecule has 26 heavy (non-hydrogen) atoms. The monoisotopic (exact) mass is 475 g/mol. The number of aromatic nitrogens is 2. The van der Waals surface area contributed by atoms with Gasteiger partial charge >= 0.3 is 0 Å². The molecule has 0 radical (unpaired) electrons. The number of guanidine groups is 1. The van der Waals surface area contributed by atoms with E-state index in [-0.39, 0.29) is 29.9 Å². The molecule has 1 aliphatic rings. The molecule has 8 nitrogen and oxygen atoms in total. The average Bonchev–Trinajstić information content (AvgIpc) is 2.67. The Hall–Kier alpha value is -1.65. The van der Waals surface area contributed by atoms with E-state index in [1.807, 2.05) is 17.9 Å². The number of nitrogens with one attached hydrogen (secondary N) is 2. The highest BCUT2D eigenvalue weighted by atomic mass is 127. The quantitative estimate of drug-likeness (QED) is 0.349. The van der Waals surface area contributed by atoms with Crippen LogP contribution in [0.5, 0.6) is 0 Å². The highest BCUT2D eigenvalue weighted by Crippen LogP contribution is 2.10. The Morgan fingerprint density at radius 1 is 1.15 bits per heavy atom. The van der Waals surface area contributed by atoms with Gasteiger partial charge in [0, 0.05) is 64.6 Å². The van der Waals surface area contributed by atoms with Crippen molar-refractivity contribution in [1.82, 2.24) is 25.5 Å². The summed E-state index contributed by atoms with van der Waals surface area (Å²) < 4.78 is 0. The first-order valence-electron chi connectivity index (χ1n) is 9.06. The molecule has 146 valence electrons. The smallest absolute Gasteiger partial charge is 0.225 e. The summed E-state index contributed by atoms with van der Waals surface area (Å²) in [5, 5.41) is 6.41. The molecular formula is C17H30IN7O. The number of piperazine rings is 1. The highest BCUT2D eigenvalue weighted by molar-refractivity contribution is 14.0. The normalized spacial score (nSPS) is 14.6. The molecule has 2 N–H and O–H groups in total. The van der Waals surface area contributed by atoms with Gasteiger partial charge in [0.05, 0.1) is 0 Å². The first-order valence-corrected chi connectivity index (χ1v) is 9.06. The maximum absolute atomic E-state index is 12.4. The predicted octanol–water partition coefficient (Wildman–Crippen LogP) is 1.10. The maximum Gasteiger partial charge on any atom is 0.225 e. The Labute approximate surface area is 172 Å². The zero-order valence-electron chi connectivity index (χ0n) is 15.6. The second-order valence-electron chi connectivity index (χ2n) is 5.85. The lowest BCUT2D eigenvalue weighted by molar-refractivity contribution is -0.131. The van der Waals surface area contributed by atoms with E-state index in [1.54, 1.807) is 12.4 Å². The van der Waals surface area contributed by atoms with Crippen LogP contribution < -0.4 is 15.5 Å². The van der Waals surface area contributed by atoms with E-state index in [9.17, 15) is 4.79 Å². The van der Waals surface area contributed by atoms with Crippen molar-refractivity contribution in [3.8, 4) is 0 Å². The van der Waals surface area contributed by atoms with Gasteiger partial charge in [-0.2, -0.15) is 0 Å². The Morgan fingerprint density at radius 2 is 1.85 bits per heavy atom. The molecule has 1 aromatic heterocycles. The predicted molar refractivity (Wildman–Crippen MR) is 115 cm³/mol. The van der Waals surface area contributed by atoms with E-state index < -0.39 is 0 Å². The van der Waals surface area contributed by atoms with Gasteiger partial charge in [0.1, 0.15) is 0 Å². The summed E-state index contributed by atoms with van der Waals surface area (Å²) in [4.78, 5) is 29.4. The number of anilines is 1. The SMILES string of the molecule is CCCN=C(NCC)NCCC(=O)N1CCN(c2ncccn2)CC1.I. The third-order valence-corrected chi connectivity index (χ3v) is 3.94. The van der Waals surface area contributed by atoms with Crippen LogP contribution in [-0.4, -0.2) is 72.5 Å². The fourth-order valence-electron chi connectivity index (χ4n) is 2.62. The van der Waals surface area contributed by atoms with Crippen molar-refractivity contribution in [2.75, 3.05) is 50.7 Å². The van der Waals surface area contributed by atoms with Gasteiger partial charge in [0.25, 0.3) is 0 Å². The van der Waals surface area contributed by atoms with Crippen LogP contribution >= 0.6 is 24.0 Å². The summed E-state index contributed by atoms with van der Waals surface area (Å²) in [7, 11) is 0. The number of carbonyl (C=O) groups excluding carboxylic acids is 1. The molecule has 0 aromatic carbocycles. The van der Waals surface area contributed by atoms with Crippen LogP contribution in [0.1, 0.15) is 26.7 Å². The second-order valence-corrected chi connectivity index (χ2v) is 5.85. The van der Waals surface area contributed by atoms with Crippen molar-refractivity contribution >= 4 is 41.8 Å². The molecule has 1 saturated heterocycles. The molecule has 0 saturated carbocycles. The molecule has 2 rings (SSSR count). The minimum absolute atomic E-state index is 0. The summed E-state index contributed by atoms with van der Waals surface area (Å²) in [6.45, 7) is 9.27. The summed E-state index contributed by atoms with van der Waals surface area (Å²) >= 11 is 0. The van der Waals surface area contributed by atoms with Crippen LogP contribution in [0.3, 0.4) is 0 Å². The Bertz CT molecular complexity index is 547. The van der Waals surface area contributed by atoms with Crippen molar-refractivity contribution in [3.05, 3.63) is 18.5 Å². The first-order chi connectivity index (χ1) is 12.2. The van der Waals surface area contributed by atoms with E-state index in [2.05, 4.69) is 37.4 Å². The topological polar surface area (TPSA) is 85.8 Å². The first kappa shape index (κ1) is 22.4. The molecule has 1 aliphatic heterocycles. The molecule has 1 amide bonds. The maximum atomic E-state index is 12.4. The van der Waals surface area contributed by atoms with Gasteiger partial charge in [-0.05, 0) is 19.4 Å². The van der Waals surface area contributed by atoms with E-state index >= 15 is 0 Å². The van der Waals surface area contributed by atoms with Crippen molar-refractivity contribution in [3.63, 3.8) is 0 Å². The molecule has 0 atom stereocenters. The highest BCUT2D eigenvalue weighted by Gasteiger charge is 2.22. The van der Waals surface area contributed by atoms with Gasteiger partial charge in [-0.25, -0.2) is 9.97 Å². The van der Waals surface area contributed by atoms with Crippen LogP contribution in [0.25, 0.3) is 0 Å². The largest absolute Gasteiger partial charge is 0.357 e. The van der Waals surface area contributed by atoms with Gasteiger partial charge < -0.3 is 20.4 Å². The molecular weight excluding hydrogens is 445 g/mol. The third-order valence-electron chi connectivity index (χ3n) is 3.94. The fraction of sp³-hybridized carbons (Fsp3) is 0.647. The standard InChI is InChI=1S/C17H29N7O.HI/c1-3-7-19-16(18-4-2)20-10-6-15(25)23-11-13-24(14-12-23)17-21-8-5-9-22-17;/h5,8-9H,3-4,6-7,10-14H2,1-2H3,(H2,18,19,20);1H. The summed E-state index contributed by atoms with van der Waals surface area (Å²) in [6, 6.07) is 1.81. The zero-order valence-corrected chi connectivity index (χ0v) is 18.0. The number of hydrogen-bond donors (Lipinski definition) is 2. The Balaban J connectivity index is 0.00000338. The number of nitrogens with zero attached hydrogens (tertiary/aromatic N) is 5. The number of halogens is 1. The Kier molecular flexibility index (Phi) is 10.9. The van der Waals surface area contributed by atoms with Crippen molar-refractivity contribution in [1.29, 1.82) is 0 Å². The van der Waals surface area contributed by atoms with E-state index in [1.165, 1.54) is 0 Å².